The van der Waals surface area contributed by atoms with Crippen LogP contribution >= 0.6 is 0 Å². The lowest BCUT2D eigenvalue weighted by atomic mass is 9.83. The fourth-order valence-corrected chi connectivity index (χ4v) is 4.04. The Morgan fingerprint density at radius 1 is 0.968 bits per heavy atom. The minimum atomic E-state index is -0.620. The van der Waals surface area contributed by atoms with Crippen LogP contribution in [0.4, 0.5) is 0 Å². The number of rotatable bonds is 7. The van der Waals surface area contributed by atoms with E-state index in [1.54, 1.807) is 19.1 Å². The average Bonchev–Trinajstić information content (AvgIpc) is 2.69. The molecule has 0 saturated carbocycles. The van der Waals surface area contributed by atoms with E-state index in [1.165, 1.54) is 0 Å². The van der Waals surface area contributed by atoms with Crippen molar-refractivity contribution in [2.24, 2.45) is 11.8 Å². The second-order valence-corrected chi connectivity index (χ2v) is 9.50. The number of hydrogen-bond acceptors (Lipinski definition) is 5. The summed E-state index contributed by atoms with van der Waals surface area (Å²) in [5, 5.41) is 32.2. The molecule has 1 atom stereocenters. The first-order valence-electron chi connectivity index (χ1n) is 11.2. The Morgan fingerprint density at radius 3 is 2.16 bits per heavy atom. The Labute approximate surface area is 184 Å². The van der Waals surface area contributed by atoms with Crippen molar-refractivity contribution in [3.05, 3.63) is 46.0 Å². The van der Waals surface area contributed by atoms with Crippen LogP contribution in [0.15, 0.2) is 18.2 Å². The molecule has 5 nitrogen and oxygen atoms in total. The molecule has 0 radical (unpaired) electrons. The molecule has 2 aromatic carbocycles. The Kier molecular flexibility index (Phi) is 6.83. The van der Waals surface area contributed by atoms with Gasteiger partial charge in [0.2, 0.25) is 0 Å². The molecule has 0 fully saturated rings. The molecular weight excluding hydrogens is 392 g/mol. The van der Waals surface area contributed by atoms with E-state index in [0.717, 1.165) is 18.4 Å². The van der Waals surface area contributed by atoms with Gasteiger partial charge < -0.3 is 20.1 Å². The highest BCUT2D eigenvalue weighted by atomic mass is 16.5. The summed E-state index contributed by atoms with van der Waals surface area (Å²) in [5.41, 5.74) is 2.58. The first kappa shape index (κ1) is 23.0. The van der Waals surface area contributed by atoms with E-state index in [1.807, 2.05) is 6.07 Å². The van der Waals surface area contributed by atoms with Crippen LogP contribution in [-0.2, 0) is 12.8 Å². The summed E-state index contributed by atoms with van der Waals surface area (Å²) in [6.45, 7) is 10.3. The number of phenolic OH excluding ortho intramolecular Hbond substituents is 3. The second kappa shape index (κ2) is 9.21. The average molecular weight is 427 g/mol. The molecule has 3 rings (SSSR count). The molecule has 31 heavy (non-hydrogen) atoms. The summed E-state index contributed by atoms with van der Waals surface area (Å²) < 4.78 is 6.01. The summed E-state index contributed by atoms with van der Waals surface area (Å²) in [5.74, 6) is 0.269. The van der Waals surface area contributed by atoms with Crippen molar-refractivity contribution in [1.82, 2.24) is 0 Å². The molecule has 1 unspecified atom stereocenters. The Bertz CT molecular complexity index is 974. The van der Waals surface area contributed by atoms with E-state index >= 15 is 0 Å². The Hall–Kier alpha value is -2.69. The van der Waals surface area contributed by atoms with Crippen molar-refractivity contribution in [1.29, 1.82) is 0 Å². The minimum absolute atomic E-state index is 0.0526. The topological polar surface area (TPSA) is 87.0 Å². The molecule has 168 valence electrons. The van der Waals surface area contributed by atoms with E-state index in [4.69, 9.17) is 4.74 Å². The molecule has 2 aromatic rings. The number of phenols is 3. The molecule has 0 aliphatic carbocycles. The predicted molar refractivity (Wildman–Crippen MR) is 121 cm³/mol. The van der Waals surface area contributed by atoms with Gasteiger partial charge >= 0.3 is 0 Å². The highest BCUT2D eigenvalue weighted by Gasteiger charge is 2.37. The van der Waals surface area contributed by atoms with Crippen LogP contribution in [-0.4, -0.2) is 27.7 Å². The largest absolute Gasteiger partial charge is 0.508 e. The molecule has 1 aliphatic heterocycles. The molecule has 0 amide bonds. The van der Waals surface area contributed by atoms with Gasteiger partial charge in [-0.1, -0.05) is 39.8 Å². The third-order valence-corrected chi connectivity index (χ3v) is 6.13. The summed E-state index contributed by atoms with van der Waals surface area (Å²) in [7, 11) is 0. The van der Waals surface area contributed by atoms with Gasteiger partial charge in [-0.25, -0.2) is 0 Å². The standard InChI is InChI=1S/C26H34O5/c1-14(2)6-10-18-23(28)19(11-7-15(3)4)26-22(24(18)29)25(30)20(13-31-26)17-9-8-16(5)21(27)12-17/h8-9,12,14-15,20,27-29H,6-7,10-11,13H2,1-5H3. The first-order valence-corrected chi connectivity index (χ1v) is 11.2. The molecule has 0 aromatic heterocycles. The van der Waals surface area contributed by atoms with Gasteiger partial charge in [-0.05, 0) is 61.6 Å². The van der Waals surface area contributed by atoms with E-state index < -0.39 is 5.92 Å². The van der Waals surface area contributed by atoms with Gasteiger partial charge in [0.25, 0.3) is 0 Å². The van der Waals surface area contributed by atoms with Gasteiger partial charge in [0.05, 0.1) is 5.92 Å². The maximum absolute atomic E-state index is 13.5. The number of fused-ring (bicyclic) bond motifs is 1. The van der Waals surface area contributed by atoms with Crippen LogP contribution in [0.3, 0.4) is 0 Å². The lowest BCUT2D eigenvalue weighted by molar-refractivity contribution is 0.0890. The Morgan fingerprint density at radius 2 is 1.58 bits per heavy atom. The molecule has 3 N–H and O–H groups in total. The van der Waals surface area contributed by atoms with Crippen LogP contribution in [0.1, 0.15) is 79.1 Å². The third kappa shape index (κ3) is 4.65. The highest BCUT2D eigenvalue weighted by molar-refractivity contribution is 6.07. The lowest BCUT2D eigenvalue weighted by Crippen LogP contribution is -2.27. The molecule has 0 saturated heterocycles. The Balaban J connectivity index is 2.10. The zero-order chi connectivity index (χ0) is 22.9. The number of benzene rings is 2. The number of hydrogen-bond donors (Lipinski definition) is 3. The molecule has 1 aliphatic rings. The van der Waals surface area contributed by atoms with E-state index in [2.05, 4.69) is 27.7 Å². The number of carbonyl (C=O) groups is 1. The normalized spacial score (nSPS) is 16.0. The van der Waals surface area contributed by atoms with Crippen molar-refractivity contribution in [2.45, 2.75) is 66.2 Å². The van der Waals surface area contributed by atoms with Crippen LogP contribution in [0, 0.1) is 18.8 Å². The quantitative estimate of drug-likeness (QED) is 0.533. The maximum Gasteiger partial charge on any atom is 0.181 e. The molecule has 0 bridgehead atoms. The van der Waals surface area contributed by atoms with Crippen molar-refractivity contribution in [3.8, 4) is 23.0 Å². The van der Waals surface area contributed by atoms with Crippen molar-refractivity contribution in [2.75, 3.05) is 6.61 Å². The first-order chi connectivity index (χ1) is 14.6. The van der Waals surface area contributed by atoms with Crippen molar-refractivity contribution in [3.63, 3.8) is 0 Å². The van der Waals surface area contributed by atoms with Gasteiger partial charge in [-0.3, -0.25) is 4.79 Å². The zero-order valence-electron chi connectivity index (χ0n) is 19.2. The maximum atomic E-state index is 13.5. The second-order valence-electron chi connectivity index (χ2n) is 9.50. The minimum Gasteiger partial charge on any atom is -0.508 e. The monoisotopic (exact) mass is 426 g/mol. The molecule has 1 heterocycles. The molecule has 5 heteroatoms. The summed E-state index contributed by atoms with van der Waals surface area (Å²) >= 11 is 0. The fraction of sp³-hybridized carbons (Fsp3) is 0.500. The molecule has 0 spiro atoms. The van der Waals surface area contributed by atoms with Crippen LogP contribution in [0.5, 0.6) is 23.0 Å². The number of Topliss-reactive ketones (excluding diaryl/α,β-unsaturated/α-hetero) is 1. The lowest BCUT2D eigenvalue weighted by Gasteiger charge is -2.29. The van der Waals surface area contributed by atoms with Crippen LogP contribution < -0.4 is 4.74 Å². The van der Waals surface area contributed by atoms with Crippen molar-refractivity contribution < 1.29 is 24.9 Å². The van der Waals surface area contributed by atoms with Gasteiger partial charge in [0, 0.05) is 11.1 Å². The summed E-state index contributed by atoms with van der Waals surface area (Å²) in [6, 6.07) is 5.16. The number of ketones is 1. The van der Waals surface area contributed by atoms with Crippen molar-refractivity contribution >= 4 is 5.78 Å². The number of aromatic hydroxyl groups is 3. The molecular formula is C26H34O5. The van der Waals surface area contributed by atoms with E-state index in [0.29, 0.717) is 47.1 Å². The number of carbonyl (C=O) groups excluding carboxylic acids is 1. The van der Waals surface area contributed by atoms with Gasteiger partial charge in [-0.15, -0.1) is 0 Å². The number of ether oxygens (including phenoxy) is 1. The predicted octanol–water partition coefficient (Wildman–Crippen LogP) is 5.65. The summed E-state index contributed by atoms with van der Waals surface area (Å²) in [6.07, 6.45) is 2.68. The smallest absolute Gasteiger partial charge is 0.181 e. The highest BCUT2D eigenvalue weighted by Crippen LogP contribution is 2.48. The number of aryl methyl sites for hydroxylation is 1. The van der Waals surface area contributed by atoms with Gasteiger partial charge in [-0.2, -0.15) is 0 Å². The summed E-state index contributed by atoms with van der Waals surface area (Å²) in [4.78, 5) is 13.5. The van der Waals surface area contributed by atoms with Crippen LogP contribution in [0.2, 0.25) is 0 Å². The van der Waals surface area contributed by atoms with Gasteiger partial charge in [0.1, 0.15) is 35.2 Å². The van der Waals surface area contributed by atoms with Gasteiger partial charge in [0.15, 0.2) is 5.78 Å². The van der Waals surface area contributed by atoms with E-state index in [9.17, 15) is 20.1 Å². The van der Waals surface area contributed by atoms with Crippen LogP contribution in [0.25, 0.3) is 0 Å². The van der Waals surface area contributed by atoms with E-state index in [-0.39, 0.29) is 35.2 Å². The zero-order valence-corrected chi connectivity index (χ0v) is 19.2. The fourth-order valence-electron chi connectivity index (χ4n) is 4.04. The SMILES string of the molecule is Cc1ccc(C2COc3c(CCC(C)C)c(O)c(CCC(C)C)c(O)c3C2=O)cc1O. The third-order valence-electron chi connectivity index (χ3n) is 6.13.